The van der Waals surface area contributed by atoms with Gasteiger partial charge in [-0.3, -0.25) is 0 Å². The molecule has 8 heavy (non-hydrogen) atoms. The van der Waals surface area contributed by atoms with Crippen molar-refractivity contribution < 1.29 is 19.7 Å². The molecule has 0 N–H and O–H groups in total. The average Bonchev–Trinajstić information content (AvgIpc) is 1.73. The second-order valence-electron chi connectivity index (χ2n) is 0.454. The Morgan fingerprint density at radius 2 is 1.62 bits per heavy atom. The smallest absolute Gasteiger partial charge is 0.857 e. The van der Waals surface area contributed by atoms with Crippen molar-refractivity contribution >= 4 is 16.3 Å². The van der Waals surface area contributed by atoms with Gasteiger partial charge in [-0.2, -0.15) is 7.11 Å². The van der Waals surface area contributed by atoms with Crippen molar-refractivity contribution in [1.29, 1.82) is 0 Å². The van der Waals surface area contributed by atoms with Crippen molar-refractivity contribution in [3.63, 3.8) is 0 Å². The maximum absolute atomic E-state index is 9.03. The fourth-order valence-corrected chi connectivity index (χ4v) is 0. The van der Waals surface area contributed by atoms with Gasteiger partial charge in [0.2, 0.25) is 0 Å². The Hall–Kier alpha value is -0.601. The summed E-state index contributed by atoms with van der Waals surface area (Å²) in [7, 11) is 1.79. The number of ether oxygens (including phenoxy) is 1. The molecular formula is C3H6BeO4. The van der Waals surface area contributed by atoms with E-state index in [4.69, 9.17) is 15.0 Å². The number of carboxylic acid groups (broad SMARTS) is 1. The van der Waals surface area contributed by atoms with E-state index in [2.05, 4.69) is 4.74 Å². The molecule has 0 amide bonds. The molecular weight excluding hydrogens is 109 g/mol. The van der Waals surface area contributed by atoms with Crippen molar-refractivity contribution in [2.75, 3.05) is 14.2 Å². The summed E-state index contributed by atoms with van der Waals surface area (Å²) in [6.07, 6.45) is -1.50. The first-order chi connectivity index (χ1) is 3.27. The van der Waals surface area contributed by atoms with Gasteiger partial charge in [-0.05, 0) is 0 Å². The molecule has 0 radical (unpaired) electrons. The van der Waals surface area contributed by atoms with Crippen molar-refractivity contribution in [3.05, 3.63) is 0 Å². The SMILES string of the molecule is COC(=O)[O-].C[O-].[Be+2]. The van der Waals surface area contributed by atoms with E-state index < -0.39 is 6.16 Å². The second kappa shape index (κ2) is 16.1. The normalized spacial score (nSPS) is 4.88. The molecule has 0 aliphatic carbocycles. The van der Waals surface area contributed by atoms with E-state index in [1.807, 2.05) is 0 Å². The molecule has 0 bridgehead atoms. The Labute approximate surface area is 51.3 Å². The Morgan fingerprint density at radius 3 is 1.62 bits per heavy atom. The third-order valence-electron chi connectivity index (χ3n) is 0.167. The number of hydrogen-bond acceptors (Lipinski definition) is 4. The van der Waals surface area contributed by atoms with Gasteiger partial charge in [0, 0.05) is 7.11 Å². The number of rotatable bonds is 0. The third-order valence-corrected chi connectivity index (χ3v) is 0.167. The van der Waals surface area contributed by atoms with Gasteiger partial charge in [0.15, 0.2) is 0 Å². The van der Waals surface area contributed by atoms with Crippen LogP contribution in [0.25, 0.3) is 0 Å². The van der Waals surface area contributed by atoms with Crippen LogP contribution in [0.5, 0.6) is 0 Å². The summed E-state index contributed by atoms with van der Waals surface area (Å²) in [6.45, 7) is 0. The molecule has 4 nitrogen and oxygen atoms in total. The molecule has 0 rings (SSSR count). The summed E-state index contributed by atoms with van der Waals surface area (Å²) >= 11 is 0. The molecule has 0 spiro atoms. The minimum absolute atomic E-state index is 0. The van der Waals surface area contributed by atoms with E-state index in [1.165, 1.54) is 0 Å². The fourth-order valence-electron chi connectivity index (χ4n) is 0. The summed E-state index contributed by atoms with van der Waals surface area (Å²) in [6, 6.07) is 0. The Balaban J connectivity index is -0.0000000750. The van der Waals surface area contributed by atoms with Crippen molar-refractivity contribution in [1.82, 2.24) is 0 Å². The Kier molecular flexibility index (Phi) is 31.6. The Morgan fingerprint density at radius 1 is 1.50 bits per heavy atom. The first-order valence-electron chi connectivity index (χ1n) is 1.43. The summed E-state index contributed by atoms with van der Waals surface area (Å²) in [5.74, 6) is 0. The van der Waals surface area contributed by atoms with Crippen LogP contribution in [-0.4, -0.2) is 30.5 Å². The van der Waals surface area contributed by atoms with E-state index in [9.17, 15) is 0 Å². The van der Waals surface area contributed by atoms with Crippen LogP contribution in [0.3, 0.4) is 0 Å². The predicted molar refractivity (Wildman–Crippen MR) is 24.1 cm³/mol. The van der Waals surface area contributed by atoms with Gasteiger partial charge < -0.3 is 19.7 Å². The first-order valence-corrected chi connectivity index (χ1v) is 1.43. The van der Waals surface area contributed by atoms with Gasteiger partial charge in [0.1, 0.15) is 0 Å². The molecule has 0 fully saturated rings. The van der Waals surface area contributed by atoms with Gasteiger partial charge in [-0.25, -0.2) is 0 Å². The molecule has 0 saturated carbocycles. The van der Waals surface area contributed by atoms with Gasteiger partial charge in [-0.1, -0.05) is 0 Å². The van der Waals surface area contributed by atoms with E-state index >= 15 is 0 Å². The molecule has 0 aliphatic heterocycles. The first kappa shape index (κ1) is 15.7. The third kappa shape index (κ3) is 53.4. The van der Waals surface area contributed by atoms with Crippen molar-refractivity contribution in [2.24, 2.45) is 0 Å². The van der Waals surface area contributed by atoms with Crippen LogP contribution in [0.15, 0.2) is 0 Å². The maximum atomic E-state index is 9.03. The molecule has 5 heteroatoms. The standard InChI is InChI=1S/C2H4O3.CH3O.Be/c1-5-2(3)4;1-2;/h1H3,(H,3,4);1H3;/q;-1;+2/p-1. The van der Waals surface area contributed by atoms with Crippen LogP contribution in [0.2, 0.25) is 0 Å². The summed E-state index contributed by atoms with van der Waals surface area (Å²) in [5.41, 5.74) is 0. The van der Waals surface area contributed by atoms with Crippen molar-refractivity contribution in [3.8, 4) is 0 Å². The monoisotopic (exact) mass is 115 g/mol. The minimum atomic E-state index is -1.50. The van der Waals surface area contributed by atoms with Crippen LogP contribution in [0.1, 0.15) is 0 Å². The van der Waals surface area contributed by atoms with E-state index in [-0.39, 0.29) is 10.1 Å². The molecule has 0 saturated heterocycles. The molecule has 0 heterocycles. The zero-order chi connectivity index (χ0) is 6.28. The molecule has 0 aromatic heterocycles. The molecule has 0 unspecified atom stereocenters. The minimum Gasteiger partial charge on any atom is -0.857 e. The fraction of sp³-hybridized carbons (Fsp3) is 0.667. The van der Waals surface area contributed by atoms with Crippen LogP contribution >= 0.6 is 0 Å². The zero-order valence-corrected chi connectivity index (χ0v) is 4.84. The van der Waals surface area contributed by atoms with Crippen LogP contribution in [0.4, 0.5) is 4.79 Å². The zero-order valence-electron chi connectivity index (χ0n) is 4.84. The molecule has 0 aliphatic rings. The number of hydrogen-bond donors (Lipinski definition) is 0. The van der Waals surface area contributed by atoms with Gasteiger partial charge in [-0.15, -0.1) is 0 Å². The summed E-state index contributed by atoms with van der Waals surface area (Å²) in [5, 5.41) is 17.3. The molecule has 0 aromatic rings. The van der Waals surface area contributed by atoms with E-state index in [1.54, 1.807) is 0 Å². The van der Waals surface area contributed by atoms with Gasteiger partial charge in [0.25, 0.3) is 6.16 Å². The average molecular weight is 115 g/mol. The van der Waals surface area contributed by atoms with E-state index in [0.29, 0.717) is 0 Å². The maximum Gasteiger partial charge on any atom is 2.00 e. The molecule has 0 atom stereocenters. The molecule has 0 aromatic carbocycles. The molecule has 44 valence electrons. The number of methoxy groups -OCH3 is 1. The predicted octanol–water partition coefficient (Wildman–Crippen LogP) is -2.43. The van der Waals surface area contributed by atoms with Crippen LogP contribution in [-0.2, 0) is 4.74 Å². The largest absolute Gasteiger partial charge is 2.00 e. The van der Waals surface area contributed by atoms with Gasteiger partial charge in [0.05, 0.1) is 0 Å². The van der Waals surface area contributed by atoms with E-state index in [0.717, 1.165) is 14.2 Å². The topological polar surface area (TPSA) is 72.4 Å². The Bertz CT molecular complexity index is 46.5. The van der Waals surface area contributed by atoms with Gasteiger partial charge >= 0.3 is 10.1 Å². The number of carbonyl (C=O) groups excluding carboxylic acids is 1. The second-order valence-corrected chi connectivity index (χ2v) is 0.454. The van der Waals surface area contributed by atoms with Crippen LogP contribution < -0.4 is 10.2 Å². The van der Waals surface area contributed by atoms with Crippen LogP contribution in [0, 0.1) is 0 Å². The summed E-state index contributed by atoms with van der Waals surface area (Å²) < 4.78 is 3.56. The van der Waals surface area contributed by atoms with Crippen molar-refractivity contribution in [2.45, 2.75) is 0 Å². The number of carbonyl (C=O) groups is 1. The summed E-state index contributed by atoms with van der Waals surface area (Å²) in [4.78, 5) is 9.03. The quantitative estimate of drug-likeness (QED) is 0.260.